The van der Waals surface area contributed by atoms with E-state index in [4.69, 9.17) is 16.2 Å². The minimum absolute atomic E-state index is 0.0817. The van der Waals surface area contributed by atoms with Crippen LogP contribution in [-0.2, 0) is 10.1 Å². The van der Waals surface area contributed by atoms with Crippen molar-refractivity contribution in [1.29, 1.82) is 0 Å². The minimum Gasteiger partial charge on any atom is -0.282 e. The van der Waals surface area contributed by atoms with Gasteiger partial charge in [-0.25, -0.2) is 0 Å². The predicted molar refractivity (Wildman–Crippen MR) is 39.1 cm³/mol. The summed E-state index contributed by atoms with van der Waals surface area (Å²) < 4.78 is 54.0. The van der Waals surface area contributed by atoms with Crippen molar-refractivity contribution in [3.8, 4) is 0 Å². The Morgan fingerprint density at radius 1 is 1.33 bits per heavy atom. The van der Waals surface area contributed by atoms with Crippen LogP contribution in [-0.4, -0.2) is 13.0 Å². The lowest BCUT2D eigenvalue weighted by Crippen LogP contribution is -1.99. The highest BCUT2D eigenvalue weighted by Crippen LogP contribution is 2.33. The fourth-order valence-electron chi connectivity index (χ4n) is 0.560. The SMILES string of the molecule is O=S(=O)(O)c1c(F)sc(F)c1Cl. The lowest BCUT2D eigenvalue weighted by Gasteiger charge is -1.91. The molecular weight excluding hydrogens is 234 g/mol. The monoisotopic (exact) mass is 234 g/mol. The largest absolute Gasteiger partial charge is 0.299 e. The van der Waals surface area contributed by atoms with Gasteiger partial charge in [0.1, 0.15) is 5.02 Å². The summed E-state index contributed by atoms with van der Waals surface area (Å²) in [5.41, 5.74) is 0. The molecule has 3 nitrogen and oxygen atoms in total. The molecule has 1 aromatic heterocycles. The molecule has 1 rings (SSSR count). The van der Waals surface area contributed by atoms with Gasteiger partial charge in [-0.1, -0.05) is 22.9 Å². The van der Waals surface area contributed by atoms with Crippen LogP contribution in [0.1, 0.15) is 0 Å². The van der Waals surface area contributed by atoms with Gasteiger partial charge in [0.05, 0.1) is 0 Å². The van der Waals surface area contributed by atoms with Gasteiger partial charge in [0.25, 0.3) is 10.1 Å². The summed E-state index contributed by atoms with van der Waals surface area (Å²) >= 11 is 4.97. The van der Waals surface area contributed by atoms with Gasteiger partial charge in [-0.05, 0) is 0 Å². The molecular formula is C4HClF2O3S2. The fraction of sp³-hybridized carbons (Fsp3) is 0. The van der Waals surface area contributed by atoms with E-state index >= 15 is 0 Å². The van der Waals surface area contributed by atoms with Crippen LogP contribution in [0.5, 0.6) is 0 Å². The first-order chi connectivity index (χ1) is 5.34. The van der Waals surface area contributed by atoms with Crippen LogP contribution >= 0.6 is 22.9 Å². The molecule has 1 heterocycles. The first-order valence-corrected chi connectivity index (χ1v) is 5.08. The molecule has 68 valence electrons. The van der Waals surface area contributed by atoms with Gasteiger partial charge in [0.2, 0.25) is 5.13 Å². The highest BCUT2D eigenvalue weighted by atomic mass is 35.5. The molecule has 0 aliphatic heterocycles. The van der Waals surface area contributed by atoms with E-state index < -0.39 is 30.3 Å². The van der Waals surface area contributed by atoms with Gasteiger partial charge in [-0.15, -0.1) is 0 Å². The number of hydrogen-bond donors (Lipinski definition) is 1. The number of halogens is 3. The molecule has 0 radical (unpaired) electrons. The predicted octanol–water partition coefficient (Wildman–Crippen LogP) is 1.93. The van der Waals surface area contributed by atoms with Gasteiger partial charge in [-0.3, -0.25) is 4.55 Å². The van der Waals surface area contributed by atoms with Crippen molar-refractivity contribution in [2.24, 2.45) is 0 Å². The molecule has 0 bridgehead atoms. The maximum absolute atomic E-state index is 12.5. The summed E-state index contributed by atoms with van der Waals surface area (Å²) in [5, 5.41) is -3.46. The Morgan fingerprint density at radius 2 is 1.83 bits per heavy atom. The molecule has 1 aromatic rings. The number of hydrogen-bond acceptors (Lipinski definition) is 3. The fourth-order valence-corrected chi connectivity index (χ4v) is 2.68. The Hall–Kier alpha value is -0.240. The van der Waals surface area contributed by atoms with Gasteiger partial charge in [-0.2, -0.15) is 17.2 Å². The highest BCUT2D eigenvalue weighted by Gasteiger charge is 2.26. The molecule has 0 aromatic carbocycles. The Labute approximate surface area is 75.3 Å². The molecule has 12 heavy (non-hydrogen) atoms. The maximum atomic E-state index is 12.5. The normalized spacial score (nSPS) is 12.0. The van der Waals surface area contributed by atoms with Crippen LogP contribution in [0.3, 0.4) is 0 Å². The third kappa shape index (κ3) is 1.58. The highest BCUT2D eigenvalue weighted by molar-refractivity contribution is 7.86. The Balaban J connectivity index is 3.54. The van der Waals surface area contributed by atoms with Crippen molar-refractivity contribution < 1.29 is 21.8 Å². The molecule has 0 spiro atoms. The zero-order valence-electron chi connectivity index (χ0n) is 5.21. The molecule has 0 aliphatic rings. The smallest absolute Gasteiger partial charge is 0.282 e. The lowest BCUT2D eigenvalue weighted by molar-refractivity contribution is 0.476. The van der Waals surface area contributed by atoms with Crippen molar-refractivity contribution in [1.82, 2.24) is 0 Å². The summed E-state index contributed by atoms with van der Waals surface area (Å²) in [6.45, 7) is 0. The molecule has 0 atom stereocenters. The summed E-state index contributed by atoms with van der Waals surface area (Å²) in [6, 6.07) is 0. The van der Waals surface area contributed by atoms with Crippen LogP contribution in [0, 0.1) is 10.3 Å². The summed E-state index contributed by atoms with van der Waals surface area (Å²) in [4.78, 5) is -1.20. The van der Waals surface area contributed by atoms with Crippen LogP contribution in [0.4, 0.5) is 8.78 Å². The third-order valence-corrected chi connectivity index (χ3v) is 3.36. The van der Waals surface area contributed by atoms with Gasteiger partial charge < -0.3 is 0 Å². The summed E-state index contributed by atoms with van der Waals surface area (Å²) in [5.74, 6) is 0. The second-order valence-corrected chi connectivity index (χ2v) is 4.42. The van der Waals surface area contributed by atoms with Crippen molar-refractivity contribution >= 4 is 33.1 Å². The van der Waals surface area contributed by atoms with Gasteiger partial charge >= 0.3 is 0 Å². The van der Waals surface area contributed by atoms with E-state index in [1.54, 1.807) is 0 Å². The second kappa shape index (κ2) is 2.91. The maximum Gasteiger partial charge on any atom is 0.299 e. The topological polar surface area (TPSA) is 54.4 Å². The van der Waals surface area contributed by atoms with Crippen molar-refractivity contribution in [3.63, 3.8) is 0 Å². The molecule has 0 amide bonds. The quantitative estimate of drug-likeness (QED) is 0.756. The average Bonchev–Trinajstić information content (AvgIpc) is 2.05. The van der Waals surface area contributed by atoms with Crippen LogP contribution < -0.4 is 0 Å². The zero-order chi connectivity index (χ0) is 9.52. The lowest BCUT2D eigenvalue weighted by atomic mass is 10.6. The third-order valence-electron chi connectivity index (χ3n) is 0.988. The zero-order valence-corrected chi connectivity index (χ0v) is 7.60. The molecule has 0 saturated carbocycles. The van der Waals surface area contributed by atoms with E-state index in [-0.39, 0.29) is 11.3 Å². The Bertz CT molecular complexity index is 410. The molecule has 8 heteroatoms. The van der Waals surface area contributed by atoms with Gasteiger partial charge in [0.15, 0.2) is 10.0 Å². The first kappa shape index (κ1) is 9.85. The number of thiophene rings is 1. The minimum atomic E-state index is -4.78. The van der Waals surface area contributed by atoms with Crippen molar-refractivity contribution in [3.05, 3.63) is 15.3 Å². The van der Waals surface area contributed by atoms with E-state index in [0.29, 0.717) is 0 Å². The van der Waals surface area contributed by atoms with E-state index in [9.17, 15) is 17.2 Å². The van der Waals surface area contributed by atoms with Crippen LogP contribution in [0.25, 0.3) is 0 Å². The van der Waals surface area contributed by atoms with E-state index in [0.717, 1.165) is 0 Å². The summed E-state index contributed by atoms with van der Waals surface area (Å²) in [6.07, 6.45) is 0. The second-order valence-electron chi connectivity index (χ2n) is 1.77. The molecule has 0 unspecified atom stereocenters. The standard InChI is InChI=1S/C4HClF2O3S2/c5-1-2(12(8,9)10)4(7)11-3(1)6/h(H,8,9,10). The van der Waals surface area contributed by atoms with Gasteiger partial charge in [0, 0.05) is 0 Å². The van der Waals surface area contributed by atoms with Crippen LogP contribution in [0.2, 0.25) is 5.02 Å². The van der Waals surface area contributed by atoms with E-state index in [1.165, 1.54) is 0 Å². The molecule has 1 N–H and O–H groups in total. The van der Waals surface area contributed by atoms with Crippen molar-refractivity contribution in [2.45, 2.75) is 4.90 Å². The average molecular weight is 235 g/mol. The molecule has 0 fully saturated rings. The van der Waals surface area contributed by atoms with E-state index in [2.05, 4.69) is 0 Å². The molecule has 0 aliphatic carbocycles. The molecule has 0 saturated heterocycles. The summed E-state index contributed by atoms with van der Waals surface area (Å²) in [7, 11) is -4.78. The van der Waals surface area contributed by atoms with Crippen molar-refractivity contribution in [2.75, 3.05) is 0 Å². The van der Waals surface area contributed by atoms with Crippen LogP contribution in [0.15, 0.2) is 4.90 Å². The Morgan fingerprint density at radius 3 is 2.00 bits per heavy atom. The first-order valence-electron chi connectivity index (χ1n) is 2.45. The van der Waals surface area contributed by atoms with E-state index in [1.807, 2.05) is 0 Å². The Kier molecular flexibility index (Phi) is 2.39. The number of rotatable bonds is 1.